The Morgan fingerprint density at radius 2 is 1.83 bits per heavy atom. The average molecular weight is 368 g/mol. The largest absolute Gasteiger partial charge is 0.449 e. The molecular weight excluding hydrogens is 353 g/mol. The minimum absolute atomic E-state index is 0.117. The smallest absolute Gasteiger partial charge is 0.338 e. The van der Waals surface area contributed by atoms with Crippen molar-refractivity contribution >= 4 is 40.8 Å². The van der Waals surface area contributed by atoms with E-state index in [0.717, 1.165) is 0 Å². The second-order valence-electron chi connectivity index (χ2n) is 4.99. The highest BCUT2D eigenvalue weighted by Gasteiger charge is 2.20. The van der Waals surface area contributed by atoms with E-state index in [1.165, 1.54) is 19.1 Å². The molecule has 2 N–H and O–H groups in total. The van der Waals surface area contributed by atoms with Crippen molar-refractivity contribution in [3.05, 3.63) is 63.6 Å². The van der Waals surface area contributed by atoms with E-state index in [0.29, 0.717) is 16.3 Å². The Hall–Kier alpha value is -2.08. The normalized spacial score (nSPS) is 11.7. The zero-order valence-corrected chi connectivity index (χ0v) is 14.3. The Balaban J connectivity index is 2.00. The lowest BCUT2D eigenvalue weighted by molar-refractivity contribution is -0.123. The third-order valence-corrected chi connectivity index (χ3v) is 4.05. The predicted molar refractivity (Wildman–Crippen MR) is 92.3 cm³/mol. The summed E-state index contributed by atoms with van der Waals surface area (Å²) in [5.74, 6) is -1.17. The summed E-state index contributed by atoms with van der Waals surface area (Å²) < 4.78 is 5.12. The molecule has 2 rings (SSSR count). The molecule has 0 unspecified atom stereocenters. The highest BCUT2D eigenvalue weighted by molar-refractivity contribution is 6.44. The number of amides is 1. The molecule has 126 valence electrons. The van der Waals surface area contributed by atoms with Gasteiger partial charge in [-0.05, 0) is 36.8 Å². The van der Waals surface area contributed by atoms with E-state index in [1.54, 1.807) is 30.3 Å². The highest BCUT2D eigenvalue weighted by Crippen LogP contribution is 2.29. The maximum atomic E-state index is 12.1. The van der Waals surface area contributed by atoms with Crippen LogP contribution in [0.2, 0.25) is 10.0 Å². The highest BCUT2D eigenvalue weighted by atomic mass is 35.5. The third-order valence-electron chi connectivity index (χ3n) is 3.23. The standard InChI is InChI=1S/C17H15Cl2NO4/c1-10(16(22)20-14-4-2-3-13(18)15(14)19)24-17(23)12-7-5-11(9-21)6-8-12/h2-8,10,21H,9H2,1H3,(H,20,22)/t10-/m1/s1. The molecule has 0 aliphatic rings. The first-order chi connectivity index (χ1) is 11.4. The van der Waals surface area contributed by atoms with Gasteiger partial charge in [-0.1, -0.05) is 41.4 Å². The number of hydrogen-bond acceptors (Lipinski definition) is 4. The van der Waals surface area contributed by atoms with Crippen molar-refractivity contribution in [3.8, 4) is 0 Å². The zero-order chi connectivity index (χ0) is 17.7. The molecule has 7 heteroatoms. The van der Waals surface area contributed by atoms with Gasteiger partial charge in [-0.15, -0.1) is 0 Å². The summed E-state index contributed by atoms with van der Waals surface area (Å²) in [6.07, 6.45) is -1.02. The Bertz CT molecular complexity index is 747. The fourth-order valence-electron chi connectivity index (χ4n) is 1.86. The lowest BCUT2D eigenvalue weighted by Gasteiger charge is -2.14. The van der Waals surface area contributed by atoms with Crippen LogP contribution in [0.4, 0.5) is 5.69 Å². The zero-order valence-electron chi connectivity index (χ0n) is 12.8. The fraction of sp³-hybridized carbons (Fsp3) is 0.176. The van der Waals surface area contributed by atoms with Crippen LogP contribution in [0.5, 0.6) is 0 Å². The number of nitrogens with one attached hydrogen (secondary N) is 1. The number of anilines is 1. The second kappa shape index (κ2) is 8.15. The second-order valence-corrected chi connectivity index (χ2v) is 5.78. The summed E-state index contributed by atoms with van der Waals surface area (Å²) in [5, 5.41) is 12.1. The lowest BCUT2D eigenvalue weighted by Crippen LogP contribution is -2.30. The van der Waals surface area contributed by atoms with Gasteiger partial charge in [-0.25, -0.2) is 4.79 Å². The van der Waals surface area contributed by atoms with E-state index in [9.17, 15) is 9.59 Å². The number of carbonyl (C=O) groups excluding carboxylic acids is 2. The van der Waals surface area contributed by atoms with Gasteiger partial charge in [0, 0.05) is 0 Å². The van der Waals surface area contributed by atoms with Crippen LogP contribution in [0.3, 0.4) is 0 Å². The maximum absolute atomic E-state index is 12.1. The fourth-order valence-corrected chi connectivity index (χ4v) is 2.21. The van der Waals surface area contributed by atoms with Gasteiger partial charge in [0.25, 0.3) is 5.91 Å². The molecule has 5 nitrogen and oxygen atoms in total. The van der Waals surface area contributed by atoms with Gasteiger partial charge in [0.15, 0.2) is 6.10 Å². The third kappa shape index (κ3) is 4.47. The van der Waals surface area contributed by atoms with Gasteiger partial charge in [0.2, 0.25) is 0 Å². The van der Waals surface area contributed by atoms with Crippen molar-refractivity contribution in [1.29, 1.82) is 0 Å². The quantitative estimate of drug-likeness (QED) is 0.790. The van der Waals surface area contributed by atoms with Crippen molar-refractivity contribution in [2.75, 3.05) is 5.32 Å². The minimum atomic E-state index is -1.02. The number of esters is 1. The number of halogens is 2. The van der Waals surface area contributed by atoms with Crippen LogP contribution in [-0.2, 0) is 16.1 Å². The van der Waals surface area contributed by atoms with E-state index in [1.807, 2.05) is 0 Å². The summed E-state index contributed by atoms with van der Waals surface area (Å²) in [6, 6.07) is 11.1. The number of aliphatic hydroxyl groups excluding tert-OH is 1. The van der Waals surface area contributed by atoms with Crippen LogP contribution in [-0.4, -0.2) is 23.1 Å². The molecule has 24 heavy (non-hydrogen) atoms. The first kappa shape index (κ1) is 18.3. The number of ether oxygens (including phenoxy) is 1. The van der Waals surface area contributed by atoms with Crippen molar-refractivity contribution in [2.45, 2.75) is 19.6 Å². The Labute approximate surface area is 149 Å². The number of benzene rings is 2. The van der Waals surface area contributed by atoms with Crippen LogP contribution in [0, 0.1) is 0 Å². The molecule has 0 aliphatic carbocycles. The lowest BCUT2D eigenvalue weighted by atomic mass is 10.1. The van der Waals surface area contributed by atoms with Crippen LogP contribution < -0.4 is 5.32 Å². The monoisotopic (exact) mass is 367 g/mol. The maximum Gasteiger partial charge on any atom is 0.338 e. The first-order valence-corrected chi connectivity index (χ1v) is 7.83. The van der Waals surface area contributed by atoms with Gasteiger partial charge >= 0.3 is 5.97 Å². The number of hydrogen-bond donors (Lipinski definition) is 2. The summed E-state index contributed by atoms with van der Waals surface area (Å²) in [5.41, 5.74) is 1.30. The molecule has 0 saturated heterocycles. The van der Waals surface area contributed by atoms with Crippen molar-refractivity contribution in [2.24, 2.45) is 0 Å². The van der Waals surface area contributed by atoms with Crippen LogP contribution in [0.1, 0.15) is 22.8 Å². The molecule has 0 radical (unpaired) electrons. The molecule has 0 spiro atoms. The molecule has 0 saturated carbocycles. The number of carbonyl (C=O) groups is 2. The molecule has 0 aliphatic heterocycles. The Kier molecular flexibility index (Phi) is 6.20. The van der Waals surface area contributed by atoms with Crippen LogP contribution in [0.25, 0.3) is 0 Å². The van der Waals surface area contributed by atoms with Crippen molar-refractivity contribution in [1.82, 2.24) is 0 Å². The van der Waals surface area contributed by atoms with Gasteiger partial charge in [-0.2, -0.15) is 0 Å². The topological polar surface area (TPSA) is 75.6 Å². The molecular formula is C17H15Cl2NO4. The van der Waals surface area contributed by atoms with Crippen molar-refractivity contribution < 1.29 is 19.4 Å². The molecule has 2 aromatic carbocycles. The first-order valence-electron chi connectivity index (χ1n) is 7.08. The summed E-state index contributed by atoms with van der Waals surface area (Å²) in [6.45, 7) is 1.34. The van der Waals surface area contributed by atoms with Crippen molar-refractivity contribution in [3.63, 3.8) is 0 Å². The summed E-state index contributed by atoms with van der Waals surface area (Å²) >= 11 is 11.9. The van der Waals surface area contributed by atoms with Crippen LogP contribution >= 0.6 is 23.2 Å². The van der Waals surface area contributed by atoms with E-state index in [2.05, 4.69) is 5.32 Å². The van der Waals surface area contributed by atoms with E-state index in [4.69, 9.17) is 33.0 Å². The minimum Gasteiger partial charge on any atom is -0.449 e. The van der Waals surface area contributed by atoms with E-state index >= 15 is 0 Å². The molecule has 0 heterocycles. The molecule has 1 atom stereocenters. The summed E-state index contributed by atoms with van der Waals surface area (Å²) in [4.78, 5) is 24.1. The number of aliphatic hydroxyl groups is 1. The molecule has 0 aromatic heterocycles. The van der Waals surface area contributed by atoms with E-state index in [-0.39, 0.29) is 17.2 Å². The molecule has 1 amide bonds. The molecule has 0 fully saturated rings. The SMILES string of the molecule is C[C@@H](OC(=O)c1ccc(CO)cc1)C(=O)Nc1cccc(Cl)c1Cl. The van der Waals surface area contributed by atoms with E-state index < -0.39 is 18.0 Å². The Morgan fingerprint density at radius 3 is 2.46 bits per heavy atom. The van der Waals surface area contributed by atoms with Crippen LogP contribution in [0.15, 0.2) is 42.5 Å². The Morgan fingerprint density at radius 1 is 1.17 bits per heavy atom. The van der Waals surface area contributed by atoms with Gasteiger partial charge < -0.3 is 15.2 Å². The average Bonchev–Trinajstić information content (AvgIpc) is 2.58. The molecule has 2 aromatic rings. The van der Waals surface area contributed by atoms with Gasteiger partial charge in [0.1, 0.15) is 0 Å². The van der Waals surface area contributed by atoms with Gasteiger partial charge in [-0.3, -0.25) is 4.79 Å². The number of rotatable bonds is 5. The summed E-state index contributed by atoms with van der Waals surface area (Å²) in [7, 11) is 0. The van der Waals surface area contributed by atoms with Gasteiger partial charge in [0.05, 0.1) is 27.9 Å². The molecule has 0 bridgehead atoms. The predicted octanol–water partition coefficient (Wildman–Crippen LogP) is 3.67.